The number of thiazole rings is 1. The Labute approximate surface area is 185 Å². The molecule has 148 valence electrons. The Morgan fingerprint density at radius 2 is 2.11 bits per heavy atom. The second kappa shape index (κ2) is 10.9. The monoisotopic (exact) mass is 522 g/mol. The fourth-order valence-corrected chi connectivity index (χ4v) is 3.65. The highest BCUT2D eigenvalue weighted by Gasteiger charge is 2.16. The fourth-order valence-electron chi connectivity index (χ4n) is 2.57. The molecule has 1 aliphatic heterocycles. The molecule has 0 saturated heterocycles. The second-order valence-electron chi connectivity index (χ2n) is 5.84. The van der Waals surface area contributed by atoms with Crippen LogP contribution in [-0.4, -0.2) is 37.2 Å². The minimum atomic E-state index is 0. The summed E-state index contributed by atoms with van der Waals surface area (Å²) in [6.07, 6.45) is 2.78. The first-order valence-corrected chi connectivity index (χ1v) is 9.86. The van der Waals surface area contributed by atoms with Crippen molar-refractivity contribution < 1.29 is 9.47 Å². The number of hydrogen-bond acceptors (Lipinski definition) is 5. The first-order chi connectivity index (χ1) is 12.7. The third-order valence-electron chi connectivity index (χ3n) is 3.72. The molecule has 1 aliphatic rings. The number of ether oxygens (including phenoxy) is 2. The van der Waals surface area contributed by atoms with E-state index in [0.29, 0.717) is 36.3 Å². The van der Waals surface area contributed by atoms with E-state index < -0.39 is 0 Å². The molecule has 0 unspecified atom stereocenters. The van der Waals surface area contributed by atoms with Gasteiger partial charge < -0.3 is 20.1 Å². The highest BCUT2D eigenvalue weighted by molar-refractivity contribution is 14.0. The van der Waals surface area contributed by atoms with Gasteiger partial charge in [-0.15, -0.1) is 35.3 Å². The van der Waals surface area contributed by atoms with E-state index in [0.717, 1.165) is 36.0 Å². The molecule has 0 spiro atoms. The minimum Gasteiger partial charge on any atom is -0.486 e. The summed E-state index contributed by atoms with van der Waals surface area (Å²) in [6, 6.07) is 3.81. The zero-order valence-electron chi connectivity index (χ0n) is 15.4. The number of nitrogens with one attached hydrogen (secondary N) is 2. The lowest BCUT2D eigenvalue weighted by molar-refractivity contribution is 0.171. The number of nitrogens with zero attached hydrogens (tertiary/aromatic N) is 2. The van der Waals surface area contributed by atoms with Crippen molar-refractivity contribution in [1.82, 2.24) is 15.6 Å². The maximum atomic E-state index is 6.29. The van der Waals surface area contributed by atoms with E-state index in [-0.39, 0.29) is 24.0 Å². The average molecular weight is 523 g/mol. The van der Waals surface area contributed by atoms with Crippen molar-refractivity contribution in [3.63, 3.8) is 0 Å². The van der Waals surface area contributed by atoms with Gasteiger partial charge in [-0.1, -0.05) is 11.6 Å². The zero-order chi connectivity index (χ0) is 18.4. The summed E-state index contributed by atoms with van der Waals surface area (Å²) in [6.45, 7) is 7.25. The van der Waals surface area contributed by atoms with Gasteiger partial charge in [0.1, 0.15) is 13.2 Å². The molecule has 0 radical (unpaired) electrons. The number of aryl methyl sites for hydroxylation is 1. The second-order valence-corrected chi connectivity index (χ2v) is 7.56. The van der Waals surface area contributed by atoms with Gasteiger partial charge in [0.2, 0.25) is 0 Å². The topological polar surface area (TPSA) is 67.8 Å². The van der Waals surface area contributed by atoms with E-state index in [1.54, 1.807) is 11.3 Å². The summed E-state index contributed by atoms with van der Waals surface area (Å²) in [5.41, 5.74) is 0.979. The van der Waals surface area contributed by atoms with Crippen LogP contribution in [0.25, 0.3) is 0 Å². The van der Waals surface area contributed by atoms with Crippen LogP contribution in [0.15, 0.2) is 23.3 Å². The van der Waals surface area contributed by atoms with E-state index in [1.807, 2.05) is 25.3 Å². The smallest absolute Gasteiger partial charge is 0.191 e. The van der Waals surface area contributed by atoms with Gasteiger partial charge in [-0.3, -0.25) is 0 Å². The molecule has 0 amide bonds. The normalized spacial score (nSPS) is 13.1. The molecule has 9 heteroatoms. The lowest BCUT2D eigenvalue weighted by Gasteiger charge is -2.20. The number of aliphatic imine (C=N–C) groups is 1. The average Bonchev–Trinajstić information content (AvgIpc) is 3.05. The van der Waals surface area contributed by atoms with Crippen molar-refractivity contribution in [3.8, 4) is 11.5 Å². The molecule has 2 heterocycles. The largest absolute Gasteiger partial charge is 0.486 e. The Morgan fingerprint density at radius 1 is 1.30 bits per heavy atom. The van der Waals surface area contributed by atoms with Gasteiger partial charge in [-0.25, -0.2) is 9.98 Å². The van der Waals surface area contributed by atoms with Crippen molar-refractivity contribution in [3.05, 3.63) is 38.8 Å². The van der Waals surface area contributed by atoms with Crippen molar-refractivity contribution in [1.29, 1.82) is 0 Å². The Bertz CT molecular complexity index is 785. The Balaban J connectivity index is 0.00000261. The van der Waals surface area contributed by atoms with Crippen LogP contribution in [0, 0.1) is 6.92 Å². The number of hydrogen-bond donors (Lipinski definition) is 2. The van der Waals surface area contributed by atoms with Crippen molar-refractivity contribution in [2.75, 3.05) is 26.3 Å². The molecule has 1 aromatic heterocycles. The first kappa shape index (κ1) is 22.0. The van der Waals surface area contributed by atoms with Crippen LogP contribution in [0.2, 0.25) is 5.02 Å². The Hall–Kier alpha value is -1.26. The van der Waals surface area contributed by atoms with Crippen molar-refractivity contribution in [2.45, 2.75) is 26.8 Å². The molecule has 0 saturated carbocycles. The van der Waals surface area contributed by atoms with E-state index >= 15 is 0 Å². The highest BCUT2D eigenvalue weighted by Crippen LogP contribution is 2.38. The number of halogens is 2. The van der Waals surface area contributed by atoms with Gasteiger partial charge >= 0.3 is 0 Å². The molecule has 0 atom stereocenters. The van der Waals surface area contributed by atoms with E-state index in [9.17, 15) is 0 Å². The van der Waals surface area contributed by atoms with Gasteiger partial charge in [0, 0.05) is 30.6 Å². The summed E-state index contributed by atoms with van der Waals surface area (Å²) in [7, 11) is 0. The number of fused-ring (bicyclic) bond motifs is 1. The lowest BCUT2D eigenvalue weighted by Crippen LogP contribution is -2.38. The SMILES string of the molecule is CCNC(=NCc1cc(Cl)c2c(c1)OCCO2)NCCc1ncc(C)s1.I. The molecule has 27 heavy (non-hydrogen) atoms. The molecule has 0 aliphatic carbocycles. The number of aromatic nitrogens is 1. The van der Waals surface area contributed by atoms with Crippen LogP contribution in [0.4, 0.5) is 0 Å². The summed E-state index contributed by atoms with van der Waals surface area (Å²) in [4.78, 5) is 10.2. The molecule has 6 nitrogen and oxygen atoms in total. The summed E-state index contributed by atoms with van der Waals surface area (Å²) >= 11 is 8.01. The van der Waals surface area contributed by atoms with E-state index in [2.05, 4.69) is 27.5 Å². The lowest BCUT2D eigenvalue weighted by atomic mass is 10.2. The molecule has 0 bridgehead atoms. The molecular formula is C18H24ClIN4O2S. The molecule has 2 aromatic rings. The van der Waals surface area contributed by atoms with Crippen molar-refractivity contribution >= 4 is 52.9 Å². The highest BCUT2D eigenvalue weighted by atomic mass is 127. The Kier molecular flexibility index (Phi) is 8.91. The summed E-state index contributed by atoms with van der Waals surface area (Å²) in [5, 5.41) is 8.29. The summed E-state index contributed by atoms with van der Waals surface area (Å²) in [5.74, 6) is 2.08. The van der Waals surface area contributed by atoms with Gasteiger partial charge in [-0.2, -0.15) is 0 Å². The third kappa shape index (κ3) is 6.39. The van der Waals surface area contributed by atoms with Gasteiger partial charge in [0.15, 0.2) is 17.5 Å². The van der Waals surface area contributed by atoms with Crippen LogP contribution < -0.4 is 20.1 Å². The van der Waals surface area contributed by atoms with Crippen LogP contribution >= 0.6 is 46.9 Å². The molecule has 0 fully saturated rings. The maximum absolute atomic E-state index is 6.29. The first-order valence-electron chi connectivity index (χ1n) is 8.67. The fraction of sp³-hybridized carbons (Fsp3) is 0.444. The predicted octanol–water partition coefficient (Wildman–Crippen LogP) is 3.79. The van der Waals surface area contributed by atoms with Gasteiger partial charge in [0.25, 0.3) is 0 Å². The number of guanidine groups is 1. The quantitative estimate of drug-likeness (QED) is 0.343. The van der Waals surface area contributed by atoms with Gasteiger partial charge in [-0.05, 0) is 31.5 Å². The van der Waals surface area contributed by atoms with E-state index in [1.165, 1.54) is 4.88 Å². The van der Waals surface area contributed by atoms with Crippen LogP contribution in [0.3, 0.4) is 0 Å². The maximum Gasteiger partial charge on any atom is 0.191 e. The van der Waals surface area contributed by atoms with Crippen LogP contribution in [0.5, 0.6) is 11.5 Å². The molecule has 2 N–H and O–H groups in total. The number of rotatable bonds is 6. The predicted molar refractivity (Wildman–Crippen MR) is 121 cm³/mol. The molecule has 3 rings (SSSR count). The Morgan fingerprint density at radius 3 is 2.85 bits per heavy atom. The third-order valence-corrected chi connectivity index (χ3v) is 4.97. The van der Waals surface area contributed by atoms with Crippen LogP contribution in [-0.2, 0) is 13.0 Å². The standard InChI is InChI=1S/C18H23ClN4O2S.HI/c1-3-20-18(21-5-4-16-22-10-12(2)26-16)23-11-13-8-14(19)17-15(9-13)24-6-7-25-17;/h8-10H,3-7,11H2,1-2H3,(H2,20,21,23);1H. The zero-order valence-corrected chi connectivity index (χ0v) is 19.3. The van der Waals surface area contributed by atoms with Crippen molar-refractivity contribution in [2.24, 2.45) is 4.99 Å². The van der Waals surface area contributed by atoms with Gasteiger partial charge in [0.05, 0.1) is 16.6 Å². The minimum absolute atomic E-state index is 0. The number of benzene rings is 1. The summed E-state index contributed by atoms with van der Waals surface area (Å²) < 4.78 is 11.2. The van der Waals surface area contributed by atoms with E-state index in [4.69, 9.17) is 21.1 Å². The molecule has 1 aromatic carbocycles. The van der Waals surface area contributed by atoms with Crippen LogP contribution in [0.1, 0.15) is 22.4 Å². The molecular weight excluding hydrogens is 499 g/mol.